The van der Waals surface area contributed by atoms with Gasteiger partial charge in [0.15, 0.2) is 0 Å². The summed E-state index contributed by atoms with van der Waals surface area (Å²) in [4.78, 5) is 0. The summed E-state index contributed by atoms with van der Waals surface area (Å²) in [5.41, 5.74) is 0. The van der Waals surface area contributed by atoms with E-state index in [1.807, 2.05) is 0 Å². The van der Waals surface area contributed by atoms with Crippen molar-refractivity contribution in [3.05, 3.63) is 22.6 Å². The van der Waals surface area contributed by atoms with Gasteiger partial charge in [0.2, 0.25) is 0 Å². The fourth-order valence-electron chi connectivity index (χ4n) is 0.970. The summed E-state index contributed by atoms with van der Waals surface area (Å²) >= 11 is 3.30. The Kier molecular flexibility index (Phi) is 5.82. The summed E-state index contributed by atoms with van der Waals surface area (Å²) < 4.78 is 34.0. The molecule has 0 aliphatic rings. The molecule has 86 valence electrons. The Hall–Kier alpha value is -0.460. The molecule has 0 amide bonds. The summed E-state index contributed by atoms with van der Waals surface area (Å²) in [5, 5.41) is 3.01. The molecule has 0 radical (unpaired) electrons. The Bertz CT molecular complexity index is 281. The van der Waals surface area contributed by atoms with Gasteiger partial charge >= 0.3 is 0 Å². The van der Waals surface area contributed by atoms with Gasteiger partial charge in [0.1, 0.15) is 12.4 Å². The minimum Gasteiger partial charge on any atom is -0.467 e. The second-order valence-corrected chi connectivity index (χ2v) is 3.69. The Morgan fingerprint density at radius 2 is 2.33 bits per heavy atom. The van der Waals surface area contributed by atoms with Crippen molar-refractivity contribution in [1.82, 2.24) is 5.32 Å². The third-order valence-corrected chi connectivity index (χ3v) is 2.35. The van der Waals surface area contributed by atoms with Crippen LogP contribution < -0.4 is 5.32 Å². The maximum atomic E-state index is 11.7. The van der Waals surface area contributed by atoms with Gasteiger partial charge in [-0.05, 0) is 22.0 Å². The normalized spacial score (nSPS) is 11.2. The molecular weight excluding hydrogens is 272 g/mol. The second-order valence-electron chi connectivity index (χ2n) is 2.83. The zero-order chi connectivity index (χ0) is 11.1. The molecule has 1 aromatic rings. The third-order valence-electron chi connectivity index (χ3n) is 1.64. The summed E-state index contributed by atoms with van der Waals surface area (Å²) in [6, 6.07) is 1.80. The smallest absolute Gasteiger partial charge is 0.261 e. The molecule has 0 bridgehead atoms. The van der Waals surface area contributed by atoms with Gasteiger partial charge in [0.25, 0.3) is 6.43 Å². The molecule has 6 heteroatoms. The lowest BCUT2D eigenvalue weighted by Gasteiger charge is -2.04. The summed E-state index contributed by atoms with van der Waals surface area (Å²) in [6.07, 6.45) is -0.821. The van der Waals surface area contributed by atoms with Gasteiger partial charge in [-0.15, -0.1) is 0 Å². The Morgan fingerprint density at radius 1 is 1.53 bits per heavy atom. The number of halogens is 3. The molecule has 15 heavy (non-hydrogen) atoms. The fourth-order valence-corrected chi connectivity index (χ4v) is 1.31. The second kappa shape index (κ2) is 6.92. The van der Waals surface area contributed by atoms with Gasteiger partial charge in [0.05, 0.1) is 23.9 Å². The number of rotatable bonds is 7. The third kappa shape index (κ3) is 5.25. The van der Waals surface area contributed by atoms with Crippen LogP contribution in [-0.2, 0) is 11.3 Å². The highest BCUT2D eigenvalue weighted by Crippen LogP contribution is 2.16. The van der Waals surface area contributed by atoms with Crippen LogP contribution >= 0.6 is 15.9 Å². The van der Waals surface area contributed by atoms with E-state index in [1.54, 1.807) is 12.3 Å². The van der Waals surface area contributed by atoms with E-state index in [9.17, 15) is 8.78 Å². The Balaban J connectivity index is 2.00. The Morgan fingerprint density at radius 3 is 2.93 bits per heavy atom. The molecule has 0 spiro atoms. The van der Waals surface area contributed by atoms with Crippen LogP contribution in [0.3, 0.4) is 0 Å². The van der Waals surface area contributed by atoms with Crippen LogP contribution in [0, 0.1) is 0 Å². The molecule has 3 nitrogen and oxygen atoms in total. The molecule has 0 unspecified atom stereocenters. The van der Waals surface area contributed by atoms with E-state index >= 15 is 0 Å². The first-order valence-corrected chi connectivity index (χ1v) is 5.28. The van der Waals surface area contributed by atoms with Crippen molar-refractivity contribution in [2.75, 3.05) is 19.8 Å². The highest BCUT2D eigenvalue weighted by atomic mass is 79.9. The van der Waals surface area contributed by atoms with E-state index in [-0.39, 0.29) is 6.61 Å². The van der Waals surface area contributed by atoms with Crippen molar-refractivity contribution < 1.29 is 17.9 Å². The Labute approximate surface area is 94.9 Å². The quantitative estimate of drug-likeness (QED) is 0.781. The van der Waals surface area contributed by atoms with Crippen molar-refractivity contribution in [3.8, 4) is 0 Å². The lowest BCUT2D eigenvalue weighted by atomic mass is 10.4. The van der Waals surface area contributed by atoms with Gasteiger partial charge < -0.3 is 14.5 Å². The minimum absolute atomic E-state index is 0.267. The van der Waals surface area contributed by atoms with Crippen LogP contribution in [-0.4, -0.2) is 26.2 Å². The van der Waals surface area contributed by atoms with Gasteiger partial charge in [-0.1, -0.05) is 0 Å². The first-order chi connectivity index (χ1) is 7.20. The fraction of sp³-hybridized carbons (Fsp3) is 0.556. The summed E-state index contributed by atoms with van der Waals surface area (Å²) in [6.45, 7) is 0.820. The van der Waals surface area contributed by atoms with Crippen LogP contribution in [0.4, 0.5) is 8.78 Å². The molecule has 0 fully saturated rings. The summed E-state index contributed by atoms with van der Waals surface area (Å²) in [7, 11) is 0. The van der Waals surface area contributed by atoms with Crippen molar-refractivity contribution in [2.45, 2.75) is 13.0 Å². The molecule has 1 rings (SSSR count). The maximum Gasteiger partial charge on any atom is 0.261 e. The molecule has 0 aliphatic carbocycles. The number of ether oxygens (including phenoxy) is 1. The predicted molar refractivity (Wildman–Crippen MR) is 54.9 cm³/mol. The lowest BCUT2D eigenvalue weighted by molar-refractivity contribution is 0.0186. The zero-order valence-corrected chi connectivity index (χ0v) is 9.60. The van der Waals surface area contributed by atoms with Gasteiger partial charge in [-0.25, -0.2) is 8.78 Å². The molecule has 1 N–H and O–H groups in total. The van der Waals surface area contributed by atoms with Crippen LogP contribution in [0.25, 0.3) is 0 Å². The predicted octanol–water partition coefficient (Wildman–Crippen LogP) is 2.41. The number of nitrogens with one attached hydrogen (secondary N) is 1. The van der Waals surface area contributed by atoms with E-state index < -0.39 is 13.0 Å². The topological polar surface area (TPSA) is 34.4 Å². The SMILES string of the molecule is FC(F)COCCNCc1occc1Br. The minimum atomic E-state index is -2.40. The van der Waals surface area contributed by atoms with Crippen molar-refractivity contribution in [1.29, 1.82) is 0 Å². The zero-order valence-electron chi connectivity index (χ0n) is 8.01. The van der Waals surface area contributed by atoms with E-state index in [4.69, 9.17) is 4.42 Å². The van der Waals surface area contributed by atoms with Crippen molar-refractivity contribution >= 4 is 15.9 Å². The van der Waals surface area contributed by atoms with E-state index in [2.05, 4.69) is 26.0 Å². The standard InChI is InChI=1S/C9H12BrF2NO2/c10-7-1-3-15-8(7)5-13-2-4-14-6-9(11)12/h1,3,9,13H,2,4-6H2. The molecule has 1 heterocycles. The van der Waals surface area contributed by atoms with Gasteiger partial charge in [-0.3, -0.25) is 0 Å². The van der Waals surface area contributed by atoms with Crippen LogP contribution in [0.1, 0.15) is 5.76 Å². The van der Waals surface area contributed by atoms with Crippen molar-refractivity contribution in [3.63, 3.8) is 0 Å². The van der Waals surface area contributed by atoms with E-state index in [0.29, 0.717) is 13.1 Å². The first-order valence-electron chi connectivity index (χ1n) is 4.48. The number of hydrogen-bond donors (Lipinski definition) is 1. The van der Waals surface area contributed by atoms with Gasteiger partial charge in [0, 0.05) is 6.54 Å². The molecule has 0 saturated carbocycles. The summed E-state index contributed by atoms with van der Waals surface area (Å²) in [5.74, 6) is 0.781. The van der Waals surface area contributed by atoms with Crippen LogP contribution in [0.5, 0.6) is 0 Å². The highest BCUT2D eigenvalue weighted by molar-refractivity contribution is 9.10. The number of furan rings is 1. The lowest BCUT2D eigenvalue weighted by Crippen LogP contribution is -2.20. The van der Waals surface area contributed by atoms with Gasteiger partial charge in [-0.2, -0.15) is 0 Å². The van der Waals surface area contributed by atoms with E-state index in [0.717, 1.165) is 10.2 Å². The van der Waals surface area contributed by atoms with E-state index in [1.165, 1.54) is 0 Å². The molecule has 0 saturated heterocycles. The monoisotopic (exact) mass is 283 g/mol. The molecule has 0 aliphatic heterocycles. The average Bonchev–Trinajstić information content (AvgIpc) is 2.57. The average molecular weight is 284 g/mol. The molecule has 0 atom stereocenters. The number of hydrogen-bond acceptors (Lipinski definition) is 3. The first kappa shape index (κ1) is 12.6. The van der Waals surface area contributed by atoms with Crippen LogP contribution in [0.15, 0.2) is 21.2 Å². The molecule has 1 aromatic heterocycles. The molecule has 0 aromatic carbocycles. The maximum absolute atomic E-state index is 11.7. The number of alkyl halides is 2. The highest BCUT2D eigenvalue weighted by Gasteiger charge is 2.03. The van der Waals surface area contributed by atoms with Crippen LogP contribution in [0.2, 0.25) is 0 Å². The largest absolute Gasteiger partial charge is 0.467 e. The van der Waals surface area contributed by atoms with Crippen molar-refractivity contribution in [2.24, 2.45) is 0 Å². The molecular formula is C9H12BrF2NO2.